The van der Waals surface area contributed by atoms with Crippen molar-refractivity contribution in [2.24, 2.45) is 0 Å². The molecule has 0 radical (unpaired) electrons. The average molecular weight is 307 g/mol. The molecule has 5 heteroatoms. The number of hydrogen-bond donors (Lipinski definition) is 1. The molecule has 1 heterocycles. The molecule has 0 saturated heterocycles. The summed E-state index contributed by atoms with van der Waals surface area (Å²) >= 11 is 0. The molecular weight excluding hydrogens is 290 g/mol. The Morgan fingerprint density at radius 3 is 2.43 bits per heavy atom. The van der Waals surface area contributed by atoms with Crippen LogP contribution >= 0.6 is 0 Å². The molecule has 0 bridgehead atoms. The second kappa shape index (κ2) is 6.04. The van der Waals surface area contributed by atoms with Gasteiger partial charge in [0, 0.05) is 23.7 Å². The maximum Gasteiger partial charge on any atom is 0.255 e. The zero-order valence-corrected chi connectivity index (χ0v) is 13.3. The van der Waals surface area contributed by atoms with Gasteiger partial charge in [0.2, 0.25) is 11.7 Å². The lowest BCUT2D eigenvalue weighted by atomic mass is 10.1. The quantitative estimate of drug-likeness (QED) is 0.796. The lowest BCUT2D eigenvalue weighted by Crippen LogP contribution is -2.12. The molecule has 0 spiro atoms. The predicted molar refractivity (Wildman–Crippen MR) is 88.3 cm³/mol. The van der Waals surface area contributed by atoms with Crippen LogP contribution in [-0.4, -0.2) is 16.0 Å². The van der Waals surface area contributed by atoms with Gasteiger partial charge in [-0.25, -0.2) is 0 Å². The molecule has 1 amide bonds. The highest BCUT2D eigenvalue weighted by molar-refractivity contribution is 6.04. The van der Waals surface area contributed by atoms with Crippen LogP contribution < -0.4 is 5.32 Å². The van der Waals surface area contributed by atoms with E-state index >= 15 is 0 Å². The van der Waals surface area contributed by atoms with Crippen molar-refractivity contribution in [1.29, 1.82) is 0 Å². The van der Waals surface area contributed by atoms with Gasteiger partial charge in [0.15, 0.2) is 0 Å². The van der Waals surface area contributed by atoms with E-state index in [0.29, 0.717) is 17.3 Å². The summed E-state index contributed by atoms with van der Waals surface area (Å²) in [6.45, 7) is 5.73. The van der Waals surface area contributed by atoms with Gasteiger partial charge < -0.3 is 9.84 Å². The van der Waals surface area contributed by atoms with Gasteiger partial charge in [-0.05, 0) is 49.2 Å². The van der Waals surface area contributed by atoms with Crippen molar-refractivity contribution in [3.05, 3.63) is 65.0 Å². The third kappa shape index (κ3) is 3.45. The van der Waals surface area contributed by atoms with Gasteiger partial charge in [0.25, 0.3) is 5.91 Å². The van der Waals surface area contributed by atoms with Gasteiger partial charge in [0.1, 0.15) is 0 Å². The van der Waals surface area contributed by atoms with Gasteiger partial charge in [-0.3, -0.25) is 4.79 Å². The van der Waals surface area contributed by atoms with Crippen LogP contribution in [0.2, 0.25) is 0 Å². The third-order valence-corrected chi connectivity index (χ3v) is 3.39. The van der Waals surface area contributed by atoms with Crippen LogP contribution in [0.3, 0.4) is 0 Å². The minimum Gasteiger partial charge on any atom is -0.339 e. The highest BCUT2D eigenvalue weighted by Gasteiger charge is 2.11. The van der Waals surface area contributed by atoms with Crippen LogP contribution in [0.1, 0.15) is 27.4 Å². The summed E-state index contributed by atoms with van der Waals surface area (Å²) in [6, 6.07) is 13.1. The van der Waals surface area contributed by atoms with E-state index in [9.17, 15) is 4.79 Å². The number of benzene rings is 2. The topological polar surface area (TPSA) is 68.0 Å². The molecule has 0 aliphatic heterocycles. The van der Waals surface area contributed by atoms with Crippen molar-refractivity contribution >= 4 is 11.6 Å². The Kier molecular flexibility index (Phi) is 3.93. The highest BCUT2D eigenvalue weighted by atomic mass is 16.5. The molecule has 0 saturated carbocycles. The number of nitrogens with one attached hydrogen (secondary N) is 1. The molecule has 1 N–H and O–H groups in total. The number of aryl methyl sites for hydroxylation is 3. The molecule has 5 nitrogen and oxygen atoms in total. The Morgan fingerprint density at radius 1 is 1.04 bits per heavy atom. The Hall–Kier alpha value is -2.95. The largest absolute Gasteiger partial charge is 0.339 e. The summed E-state index contributed by atoms with van der Waals surface area (Å²) in [4.78, 5) is 16.6. The number of carbonyl (C=O) groups is 1. The molecule has 116 valence electrons. The van der Waals surface area contributed by atoms with Crippen LogP contribution in [0.4, 0.5) is 5.69 Å². The summed E-state index contributed by atoms with van der Waals surface area (Å²) < 4.78 is 4.98. The first-order valence-corrected chi connectivity index (χ1v) is 7.32. The second-order valence-electron chi connectivity index (χ2n) is 5.55. The normalized spacial score (nSPS) is 10.6. The van der Waals surface area contributed by atoms with Crippen LogP contribution in [0.15, 0.2) is 47.0 Å². The van der Waals surface area contributed by atoms with Crippen molar-refractivity contribution < 1.29 is 9.32 Å². The van der Waals surface area contributed by atoms with E-state index < -0.39 is 0 Å². The van der Waals surface area contributed by atoms with Crippen LogP contribution in [0.25, 0.3) is 11.4 Å². The number of amides is 1. The molecule has 3 aromatic rings. The first kappa shape index (κ1) is 15.0. The Morgan fingerprint density at radius 2 is 1.78 bits per heavy atom. The fourth-order valence-corrected chi connectivity index (χ4v) is 2.47. The number of hydrogen-bond acceptors (Lipinski definition) is 4. The minimum atomic E-state index is -0.169. The third-order valence-electron chi connectivity index (χ3n) is 3.39. The van der Waals surface area contributed by atoms with E-state index in [0.717, 1.165) is 22.4 Å². The first-order chi connectivity index (χ1) is 11.0. The van der Waals surface area contributed by atoms with Crippen molar-refractivity contribution in [3.63, 3.8) is 0 Å². The molecule has 0 aliphatic rings. The number of aromatic nitrogens is 2. The molecule has 0 fully saturated rings. The summed E-state index contributed by atoms with van der Waals surface area (Å²) in [5.41, 5.74) is 4.29. The molecule has 1 aromatic heterocycles. The van der Waals surface area contributed by atoms with Crippen LogP contribution in [0.5, 0.6) is 0 Å². The summed E-state index contributed by atoms with van der Waals surface area (Å²) in [5, 5.41) is 6.80. The standard InChI is InChI=1S/C18H17N3O2/c1-11-7-12(2)9-16(8-11)20-18(22)15-6-4-5-14(10-15)17-19-13(3)23-21-17/h4-10H,1-3H3,(H,20,22). The molecule has 0 aliphatic carbocycles. The highest BCUT2D eigenvalue weighted by Crippen LogP contribution is 2.19. The van der Waals surface area contributed by atoms with Crippen LogP contribution in [0, 0.1) is 20.8 Å². The van der Waals surface area contributed by atoms with Crippen LogP contribution in [-0.2, 0) is 0 Å². The molecule has 2 aromatic carbocycles. The molecule has 0 atom stereocenters. The Balaban J connectivity index is 1.85. The van der Waals surface area contributed by atoms with Crippen molar-refractivity contribution in [2.45, 2.75) is 20.8 Å². The van der Waals surface area contributed by atoms with E-state index in [2.05, 4.69) is 21.5 Å². The number of anilines is 1. The average Bonchev–Trinajstić information content (AvgIpc) is 2.93. The Bertz CT molecular complexity index is 848. The van der Waals surface area contributed by atoms with Gasteiger partial charge >= 0.3 is 0 Å². The predicted octanol–water partition coefficient (Wildman–Crippen LogP) is 3.91. The first-order valence-electron chi connectivity index (χ1n) is 7.32. The summed E-state index contributed by atoms with van der Waals surface area (Å²) in [6.07, 6.45) is 0. The van der Waals surface area contributed by atoms with E-state index in [1.807, 2.05) is 32.0 Å². The van der Waals surface area contributed by atoms with E-state index in [-0.39, 0.29) is 5.91 Å². The maximum absolute atomic E-state index is 12.5. The van der Waals surface area contributed by atoms with Gasteiger partial charge in [-0.15, -0.1) is 0 Å². The molecular formula is C18H17N3O2. The molecule has 3 rings (SSSR count). The number of rotatable bonds is 3. The monoisotopic (exact) mass is 307 g/mol. The van der Waals surface area contributed by atoms with E-state index in [1.54, 1.807) is 25.1 Å². The Labute approximate surface area is 134 Å². The van der Waals surface area contributed by atoms with E-state index in [4.69, 9.17) is 4.52 Å². The lowest BCUT2D eigenvalue weighted by molar-refractivity contribution is 0.102. The molecule has 23 heavy (non-hydrogen) atoms. The zero-order chi connectivity index (χ0) is 16.4. The van der Waals surface area contributed by atoms with Gasteiger partial charge in [-0.1, -0.05) is 23.4 Å². The maximum atomic E-state index is 12.5. The fourth-order valence-electron chi connectivity index (χ4n) is 2.47. The van der Waals surface area contributed by atoms with Crippen molar-refractivity contribution in [2.75, 3.05) is 5.32 Å². The summed E-state index contributed by atoms with van der Waals surface area (Å²) in [5.74, 6) is 0.797. The molecule has 0 unspecified atom stereocenters. The fraction of sp³-hybridized carbons (Fsp3) is 0.167. The minimum absolute atomic E-state index is 0.169. The number of nitrogens with zero attached hydrogens (tertiary/aromatic N) is 2. The second-order valence-corrected chi connectivity index (χ2v) is 5.55. The van der Waals surface area contributed by atoms with Crippen molar-refractivity contribution in [3.8, 4) is 11.4 Å². The van der Waals surface area contributed by atoms with Gasteiger partial charge in [0.05, 0.1) is 0 Å². The SMILES string of the molecule is Cc1cc(C)cc(NC(=O)c2cccc(-c3noc(C)n3)c2)c1. The summed E-state index contributed by atoms with van der Waals surface area (Å²) in [7, 11) is 0. The number of carbonyl (C=O) groups excluding carboxylic acids is 1. The van der Waals surface area contributed by atoms with Crippen molar-refractivity contribution in [1.82, 2.24) is 10.1 Å². The lowest BCUT2D eigenvalue weighted by Gasteiger charge is -2.08. The van der Waals surface area contributed by atoms with Gasteiger partial charge in [-0.2, -0.15) is 4.98 Å². The zero-order valence-electron chi connectivity index (χ0n) is 13.3. The smallest absolute Gasteiger partial charge is 0.255 e. The van der Waals surface area contributed by atoms with E-state index in [1.165, 1.54) is 0 Å².